The Morgan fingerprint density at radius 3 is 2.49 bits per heavy atom. The minimum Gasteiger partial charge on any atom is -0.352 e. The molecule has 0 unspecified atom stereocenters. The predicted molar refractivity (Wildman–Crippen MR) is 140 cm³/mol. The van der Waals surface area contributed by atoms with Gasteiger partial charge in [-0.3, -0.25) is 14.2 Å². The molecule has 7 nitrogen and oxygen atoms in total. The van der Waals surface area contributed by atoms with Crippen LogP contribution in [0.4, 0.5) is 8.78 Å². The highest BCUT2D eigenvalue weighted by Gasteiger charge is 2.19. The highest BCUT2D eigenvalue weighted by atomic mass is 35.5. The number of carbonyl (C=O) groups is 1. The smallest absolute Gasteiger partial charge is 0.263 e. The first-order chi connectivity index (χ1) is 17.5. The van der Waals surface area contributed by atoms with Crippen LogP contribution >= 0.6 is 11.6 Å². The van der Waals surface area contributed by atoms with Gasteiger partial charge in [0.1, 0.15) is 12.4 Å². The van der Waals surface area contributed by atoms with Crippen molar-refractivity contribution in [3.63, 3.8) is 0 Å². The molecule has 37 heavy (non-hydrogen) atoms. The number of carbonyl (C=O) groups excluding carboxylic acids is 1. The summed E-state index contributed by atoms with van der Waals surface area (Å²) < 4.78 is 28.8. The van der Waals surface area contributed by atoms with Gasteiger partial charge in [0.15, 0.2) is 17.3 Å². The second kappa shape index (κ2) is 10.7. The van der Waals surface area contributed by atoms with E-state index in [9.17, 15) is 18.4 Å². The fourth-order valence-electron chi connectivity index (χ4n) is 4.05. The average Bonchev–Trinajstić information content (AvgIpc) is 2.81. The van der Waals surface area contributed by atoms with Crippen LogP contribution < -0.4 is 10.9 Å². The lowest BCUT2D eigenvalue weighted by Gasteiger charge is -2.15. The van der Waals surface area contributed by atoms with E-state index >= 15 is 0 Å². The van der Waals surface area contributed by atoms with Crippen LogP contribution in [0.3, 0.4) is 0 Å². The highest BCUT2D eigenvalue weighted by molar-refractivity contribution is 6.31. The number of pyridine rings is 1. The molecule has 2 aromatic carbocycles. The zero-order valence-corrected chi connectivity index (χ0v) is 21.6. The van der Waals surface area contributed by atoms with Crippen LogP contribution in [-0.4, -0.2) is 45.5 Å². The summed E-state index contributed by atoms with van der Waals surface area (Å²) in [5.74, 6) is -2.54. The number of rotatable bonds is 7. The molecule has 0 aliphatic rings. The first kappa shape index (κ1) is 26.4. The summed E-state index contributed by atoms with van der Waals surface area (Å²) in [4.78, 5) is 37.1. The first-order valence-corrected chi connectivity index (χ1v) is 12.0. The summed E-state index contributed by atoms with van der Waals surface area (Å²) >= 11 is 6.35. The molecule has 192 valence electrons. The molecule has 0 bridgehead atoms. The van der Waals surface area contributed by atoms with E-state index in [-0.39, 0.29) is 35.0 Å². The van der Waals surface area contributed by atoms with E-state index in [2.05, 4.69) is 15.3 Å². The average molecular weight is 526 g/mol. The molecule has 4 aromatic rings. The van der Waals surface area contributed by atoms with E-state index in [0.29, 0.717) is 17.1 Å². The maximum Gasteiger partial charge on any atom is 0.263 e. The van der Waals surface area contributed by atoms with Crippen LogP contribution in [0.15, 0.2) is 53.5 Å². The third kappa shape index (κ3) is 6.00. The Labute approximate surface area is 217 Å². The van der Waals surface area contributed by atoms with Crippen LogP contribution in [-0.2, 0) is 17.9 Å². The molecular formula is C27H26ClF2N5O2. The molecule has 0 aliphatic heterocycles. The highest BCUT2D eigenvalue weighted by Crippen LogP contribution is 2.27. The lowest BCUT2D eigenvalue weighted by molar-refractivity contribution is -0.122. The van der Waals surface area contributed by atoms with Gasteiger partial charge in [-0.2, -0.15) is 0 Å². The summed E-state index contributed by atoms with van der Waals surface area (Å²) in [5.41, 5.74) is 2.13. The maximum atomic E-state index is 14.0. The van der Waals surface area contributed by atoms with E-state index in [1.807, 2.05) is 31.1 Å². The molecule has 0 saturated heterocycles. The van der Waals surface area contributed by atoms with Crippen molar-refractivity contribution in [1.29, 1.82) is 0 Å². The molecule has 0 saturated carbocycles. The molecule has 4 rings (SSSR count). The molecule has 0 aliphatic carbocycles. The zero-order chi connectivity index (χ0) is 26.9. The summed E-state index contributed by atoms with van der Waals surface area (Å²) in [6.45, 7) is 3.90. The van der Waals surface area contributed by atoms with E-state index in [1.54, 1.807) is 32.2 Å². The number of aromatic nitrogens is 3. The van der Waals surface area contributed by atoms with Crippen LogP contribution in [0.5, 0.6) is 0 Å². The van der Waals surface area contributed by atoms with Gasteiger partial charge in [0.05, 0.1) is 5.39 Å². The number of nitrogens with one attached hydrogen (secondary N) is 1. The monoisotopic (exact) mass is 525 g/mol. The van der Waals surface area contributed by atoms with Crippen molar-refractivity contribution in [2.24, 2.45) is 0 Å². The number of hydrogen-bond donors (Lipinski definition) is 1. The molecule has 0 fully saturated rings. The number of nitrogens with zero attached hydrogens (tertiary/aromatic N) is 4. The van der Waals surface area contributed by atoms with Crippen LogP contribution in [0.1, 0.15) is 19.4 Å². The molecular weight excluding hydrogens is 500 g/mol. The molecule has 0 radical (unpaired) electrons. The largest absolute Gasteiger partial charge is 0.352 e. The number of fused-ring (bicyclic) bond motifs is 1. The van der Waals surface area contributed by atoms with E-state index in [4.69, 9.17) is 11.6 Å². The Morgan fingerprint density at radius 2 is 1.81 bits per heavy atom. The fraction of sp³-hybridized carbons (Fsp3) is 0.259. The van der Waals surface area contributed by atoms with Gasteiger partial charge in [0.25, 0.3) is 5.56 Å². The van der Waals surface area contributed by atoms with Gasteiger partial charge in [0, 0.05) is 34.9 Å². The number of benzene rings is 2. The Morgan fingerprint density at radius 1 is 1.05 bits per heavy atom. The van der Waals surface area contributed by atoms with Gasteiger partial charge in [-0.25, -0.2) is 18.7 Å². The quantitative estimate of drug-likeness (QED) is 0.380. The predicted octanol–water partition coefficient (Wildman–Crippen LogP) is 4.64. The van der Waals surface area contributed by atoms with Gasteiger partial charge in [-0.1, -0.05) is 11.6 Å². The summed E-state index contributed by atoms with van der Waals surface area (Å²) in [7, 11) is 3.90. The molecule has 1 amide bonds. The summed E-state index contributed by atoms with van der Waals surface area (Å²) in [6, 6.07) is 10.3. The Bertz CT molecular complexity index is 1550. The Hall–Kier alpha value is -3.69. The maximum absolute atomic E-state index is 14.0. The van der Waals surface area contributed by atoms with Crippen LogP contribution in [0.25, 0.3) is 33.5 Å². The second-order valence-corrected chi connectivity index (χ2v) is 9.80. The van der Waals surface area contributed by atoms with Crippen molar-refractivity contribution in [3.05, 3.63) is 81.2 Å². The number of hydrogen-bond acceptors (Lipinski definition) is 5. The van der Waals surface area contributed by atoms with Crippen molar-refractivity contribution in [2.75, 3.05) is 14.1 Å². The SMILES string of the molecule is CC(C)NC(=O)Cn1c(-c2ccc(F)c(F)c2)nc2ncc(-c3cc(Cl)cc(CN(C)C)c3)cc2c1=O. The van der Waals surface area contributed by atoms with Gasteiger partial charge in [-0.05, 0) is 81.5 Å². The number of amides is 1. The normalized spacial score (nSPS) is 11.5. The topological polar surface area (TPSA) is 80.1 Å². The van der Waals surface area contributed by atoms with E-state index in [0.717, 1.165) is 27.8 Å². The minimum atomic E-state index is -1.09. The van der Waals surface area contributed by atoms with Crippen LogP contribution in [0.2, 0.25) is 5.02 Å². The van der Waals surface area contributed by atoms with Gasteiger partial charge in [0.2, 0.25) is 5.91 Å². The van der Waals surface area contributed by atoms with Gasteiger partial charge in [-0.15, -0.1) is 0 Å². The third-order valence-corrected chi connectivity index (χ3v) is 5.75. The second-order valence-electron chi connectivity index (χ2n) is 9.36. The lowest BCUT2D eigenvalue weighted by Crippen LogP contribution is -2.37. The van der Waals surface area contributed by atoms with Crippen LogP contribution in [0, 0.1) is 11.6 Å². The zero-order valence-electron chi connectivity index (χ0n) is 20.8. The molecule has 2 heterocycles. The molecule has 1 N–H and O–H groups in total. The van der Waals surface area contributed by atoms with Gasteiger partial charge >= 0.3 is 0 Å². The number of halogens is 3. The molecule has 0 spiro atoms. The van der Waals surface area contributed by atoms with E-state index < -0.39 is 23.1 Å². The van der Waals surface area contributed by atoms with Gasteiger partial charge < -0.3 is 10.2 Å². The van der Waals surface area contributed by atoms with Crippen molar-refractivity contribution in [3.8, 4) is 22.5 Å². The minimum absolute atomic E-state index is 0.00609. The standard InChI is InChI=1S/C27H26ClF2N5O2/c1-15(2)32-24(36)14-35-26(17-5-6-22(29)23(30)11-17)33-25-21(27(35)37)10-19(12-31-25)18-7-16(13-34(3)4)8-20(28)9-18/h5-12,15H,13-14H2,1-4H3,(H,32,36). The lowest BCUT2D eigenvalue weighted by atomic mass is 10.0. The molecule has 0 atom stereocenters. The van der Waals surface area contributed by atoms with Crippen molar-refractivity contribution in [1.82, 2.24) is 24.8 Å². The molecule has 2 aromatic heterocycles. The Balaban J connectivity index is 1.89. The van der Waals surface area contributed by atoms with Crippen molar-refractivity contribution < 1.29 is 13.6 Å². The summed E-state index contributed by atoms with van der Waals surface area (Å²) in [5, 5.41) is 3.46. The van der Waals surface area contributed by atoms with Crippen molar-refractivity contribution >= 4 is 28.5 Å². The van der Waals surface area contributed by atoms with E-state index in [1.165, 1.54) is 6.07 Å². The summed E-state index contributed by atoms with van der Waals surface area (Å²) in [6.07, 6.45) is 1.57. The fourth-order valence-corrected chi connectivity index (χ4v) is 4.31. The first-order valence-electron chi connectivity index (χ1n) is 11.6. The van der Waals surface area contributed by atoms with Crippen molar-refractivity contribution in [2.45, 2.75) is 33.0 Å². The third-order valence-electron chi connectivity index (χ3n) is 5.53. The Kier molecular flexibility index (Phi) is 7.65. The molecule has 10 heteroatoms.